The molecule has 23 heavy (non-hydrogen) atoms. The number of rotatable bonds is 3. The molecule has 6 heteroatoms. The molecule has 0 spiro atoms. The molecule has 3 rings (SSSR count). The van der Waals surface area contributed by atoms with Crippen molar-refractivity contribution < 1.29 is 10.0 Å². The lowest BCUT2D eigenvalue weighted by molar-refractivity contribution is -0.384. The third kappa shape index (κ3) is 3.00. The SMILES string of the molecule is O=[N+]([O-])c1cc(N=Cc2ccc3ccccc3c2O)ccc1Cl. The van der Waals surface area contributed by atoms with Crippen LogP contribution in [0.15, 0.2) is 59.6 Å². The van der Waals surface area contributed by atoms with E-state index in [1.165, 1.54) is 18.3 Å². The standard InChI is InChI=1S/C17H11ClN2O3/c18-15-8-7-13(9-16(15)20(22)23)19-10-12-6-5-11-3-1-2-4-14(11)17(12)21/h1-10,21H. The lowest BCUT2D eigenvalue weighted by Crippen LogP contribution is -1.88. The van der Waals surface area contributed by atoms with Gasteiger partial charge in [0, 0.05) is 23.2 Å². The van der Waals surface area contributed by atoms with Crippen LogP contribution in [0.3, 0.4) is 0 Å². The van der Waals surface area contributed by atoms with Gasteiger partial charge in [-0.05, 0) is 23.6 Å². The van der Waals surface area contributed by atoms with E-state index in [0.717, 1.165) is 10.8 Å². The third-order valence-electron chi connectivity index (χ3n) is 3.41. The number of aliphatic imine (C=N–C) groups is 1. The van der Waals surface area contributed by atoms with E-state index in [9.17, 15) is 15.2 Å². The van der Waals surface area contributed by atoms with Crippen molar-refractivity contribution in [3.8, 4) is 5.75 Å². The maximum absolute atomic E-state index is 10.9. The minimum Gasteiger partial charge on any atom is -0.507 e. The fraction of sp³-hybridized carbons (Fsp3) is 0. The summed E-state index contributed by atoms with van der Waals surface area (Å²) in [5.41, 5.74) is 0.707. The molecule has 0 saturated carbocycles. The van der Waals surface area contributed by atoms with E-state index in [4.69, 9.17) is 11.6 Å². The number of phenolic OH excluding ortho intramolecular Hbond substituents is 1. The van der Waals surface area contributed by atoms with Gasteiger partial charge >= 0.3 is 0 Å². The van der Waals surface area contributed by atoms with Crippen molar-refractivity contribution in [1.29, 1.82) is 0 Å². The number of halogens is 1. The molecule has 3 aromatic carbocycles. The van der Waals surface area contributed by atoms with E-state index in [1.54, 1.807) is 12.1 Å². The minimum absolute atomic E-state index is 0.0579. The van der Waals surface area contributed by atoms with Gasteiger partial charge in [0.2, 0.25) is 0 Å². The second-order valence-corrected chi connectivity index (χ2v) is 5.28. The van der Waals surface area contributed by atoms with Crippen LogP contribution in [0.5, 0.6) is 5.75 Å². The molecule has 0 bridgehead atoms. The number of nitrogens with zero attached hydrogens (tertiary/aromatic N) is 2. The maximum atomic E-state index is 10.9. The molecule has 1 N–H and O–H groups in total. The summed E-state index contributed by atoms with van der Waals surface area (Å²) < 4.78 is 0. The van der Waals surface area contributed by atoms with E-state index in [0.29, 0.717) is 11.3 Å². The number of nitro groups is 1. The molecular formula is C17H11ClN2O3. The highest BCUT2D eigenvalue weighted by Gasteiger charge is 2.12. The molecule has 0 aliphatic rings. The first-order chi connectivity index (χ1) is 11.1. The first kappa shape index (κ1) is 15.0. The fourth-order valence-electron chi connectivity index (χ4n) is 2.24. The molecule has 114 valence electrons. The van der Waals surface area contributed by atoms with Gasteiger partial charge < -0.3 is 5.11 Å². The Bertz CT molecular complexity index is 938. The molecule has 0 amide bonds. The van der Waals surface area contributed by atoms with E-state index in [-0.39, 0.29) is 16.5 Å². The highest BCUT2D eigenvalue weighted by Crippen LogP contribution is 2.30. The average Bonchev–Trinajstić information content (AvgIpc) is 2.55. The van der Waals surface area contributed by atoms with E-state index >= 15 is 0 Å². The number of aromatic hydroxyl groups is 1. The number of hydrogen-bond acceptors (Lipinski definition) is 4. The molecule has 0 radical (unpaired) electrons. The topological polar surface area (TPSA) is 75.7 Å². The average molecular weight is 327 g/mol. The van der Waals surface area contributed by atoms with Crippen molar-refractivity contribution in [1.82, 2.24) is 0 Å². The van der Waals surface area contributed by atoms with E-state index in [2.05, 4.69) is 4.99 Å². The Kier molecular flexibility index (Phi) is 3.95. The molecular weight excluding hydrogens is 316 g/mol. The summed E-state index contributed by atoms with van der Waals surface area (Å²) in [5.74, 6) is 0.121. The number of hydrogen-bond donors (Lipinski definition) is 1. The van der Waals surface area contributed by atoms with Crippen molar-refractivity contribution in [2.45, 2.75) is 0 Å². The van der Waals surface area contributed by atoms with Gasteiger partial charge in [-0.15, -0.1) is 0 Å². The molecule has 5 nitrogen and oxygen atoms in total. The van der Waals surface area contributed by atoms with E-state index in [1.807, 2.05) is 30.3 Å². The van der Waals surface area contributed by atoms with Gasteiger partial charge in [0.15, 0.2) is 0 Å². The molecule has 0 saturated heterocycles. The second kappa shape index (κ2) is 6.06. The Labute approximate surface area is 136 Å². The molecule has 0 aliphatic heterocycles. The summed E-state index contributed by atoms with van der Waals surface area (Å²) in [6.07, 6.45) is 1.47. The van der Waals surface area contributed by atoms with Gasteiger partial charge in [-0.3, -0.25) is 15.1 Å². The third-order valence-corrected chi connectivity index (χ3v) is 3.73. The van der Waals surface area contributed by atoms with Crippen LogP contribution in [-0.4, -0.2) is 16.2 Å². The normalized spacial score (nSPS) is 11.2. The lowest BCUT2D eigenvalue weighted by Gasteiger charge is -2.04. The Balaban J connectivity index is 1.99. The first-order valence-electron chi connectivity index (χ1n) is 6.75. The Morgan fingerprint density at radius 3 is 2.70 bits per heavy atom. The quantitative estimate of drug-likeness (QED) is 0.424. The van der Waals surface area contributed by atoms with Gasteiger partial charge in [-0.1, -0.05) is 41.9 Å². The molecule has 0 aromatic heterocycles. The minimum atomic E-state index is -0.561. The van der Waals surface area contributed by atoms with Gasteiger partial charge in [0.1, 0.15) is 10.8 Å². The molecule has 0 aliphatic carbocycles. The highest BCUT2D eigenvalue weighted by molar-refractivity contribution is 6.32. The van der Waals surface area contributed by atoms with Crippen molar-refractivity contribution in [2.75, 3.05) is 0 Å². The summed E-state index contributed by atoms with van der Waals surface area (Å²) in [6, 6.07) is 15.3. The largest absolute Gasteiger partial charge is 0.507 e. The maximum Gasteiger partial charge on any atom is 0.290 e. The van der Waals surface area contributed by atoms with Gasteiger partial charge in [-0.2, -0.15) is 0 Å². The van der Waals surface area contributed by atoms with Gasteiger partial charge in [-0.25, -0.2) is 0 Å². The van der Waals surface area contributed by atoms with Crippen molar-refractivity contribution in [2.24, 2.45) is 4.99 Å². The van der Waals surface area contributed by atoms with Crippen LogP contribution in [0, 0.1) is 10.1 Å². The molecule has 3 aromatic rings. The monoisotopic (exact) mass is 326 g/mol. The molecule has 0 heterocycles. The number of benzene rings is 3. The van der Waals surface area contributed by atoms with Crippen LogP contribution >= 0.6 is 11.6 Å². The van der Waals surface area contributed by atoms with E-state index < -0.39 is 4.92 Å². The Morgan fingerprint density at radius 2 is 1.91 bits per heavy atom. The van der Waals surface area contributed by atoms with Crippen LogP contribution in [0.25, 0.3) is 10.8 Å². The smallest absolute Gasteiger partial charge is 0.290 e. The lowest BCUT2D eigenvalue weighted by atomic mass is 10.1. The van der Waals surface area contributed by atoms with Crippen LogP contribution in [-0.2, 0) is 0 Å². The summed E-state index contributed by atoms with van der Waals surface area (Å²) in [7, 11) is 0. The molecule has 0 atom stereocenters. The summed E-state index contributed by atoms with van der Waals surface area (Å²) in [6.45, 7) is 0. The first-order valence-corrected chi connectivity index (χ1v) is 7.13. The molecule has 0 fully saturated rings. The van der Waals surface area contributed by atoms with Crippen molar-refractivity contribution in [3.05, 3.63) is 75.3 Å². The Hall–Kier alpha value is -2.92. The predicted molar refractivity (Wildman–Crippen MR) is 91.0 cm³/mol. The zero-order valence-corrected chi connectivity index (χ0v) is 12.6. The van der Waals surface area contributed by atoms with Crippen LogP contribution < -0.4 is 0 Å². The second-order valence-electron chi connectivity index (χ2n) is 4.88. The molecule has 0 unspecified atom stereocenters. The number of phenols is 1. The Morgan fingerprint density at radius 1 is 1.13 bits per heavy atom. The van der Waals surface area contributed by atoms with Crippen molar-refractivity contribution >= 4 is 40.0 Å². The summed E-state index contributed by atoms with van der Waals surface area (Å²) in [4.78, 5) is 14.5. The summed E-state index contributed by atoms with van der Waals surface area (Å²) in [5, 5.41) is 22.9. The summed E-state index contributed by atoms with van der Waals surface area (Å²) >= 11 is 5.77. The number of fused-ring (bicyclic) bond motifs is 1. The van der Waals surface area contributed by atoms with Crippen LogP contribution in [0.4, 0.5) is 11.4 Å². The number of nitro benzene ring substituents is 1. The predicted octanol–water partition coefficient (Wildman–Crippen LogP) is 4.86. The van der Waals surface area contributed by atoms with Crippen molar-refractivity contribution in [3.63, 3.8) is 0 Å². The van der Waals surface area contributed by atoms with Gasteiger partial charge in [0.25, 0.3) is 5.69 Å². The van der Waals surface area contributed by atoms with Crippen LogP contribution in [0.2, 0.25) is 5.02 Å². The highest BCUT2D eigenvalue weighted by atomic mass is 35.5. The zero-order chi connectivity index (χ0) is 16.4. The van der Waals surface area contributed by atoms with Crippen LogP contribution in [0.1, 0.15) is 5.56 Å². The van der Waals surface area contributed by atoms with Gasteiger partial charge in [0.05, 0.1) is 10.6 Å². The zero-order valence-electron chi connectivity index (χ0n) is 11.8. The fourth-order valence-corrected chi connectivity index (χ4v) is 2.43.